The zero-order valence-electron chi connectivity index (χ0n) is 30.9. The second-order valence-corrected chi connectivity index (χ2v) is 14.9. The largest absolute Gasteiger partial charge is 0.505 e. The number of likely N-dealkylation sites (tertiary alicyclic amines) is 1. The van der Waals surface area contributed by atoms with Crippen LogP contribution in [0.25, 0.3) is 33.5 Å². The van der Waals surface area contributed by atoms with Gasteiger partial charge in [0.25, 0.3) is 0 Å². The molecule has 0 unspecified atom stereocenters. The maximum Gasteiger partial charge on any atom is 0.240 e. The van der Waals surface area contributed by atoms with E-state index in [1.807, 2.05) is 30.9 Å². The minimum Gasteiger partial charge on any atom is -0.505 e. The van der Waals surface area contributed by atoms with Gasteiger partial charge in [0, 0.05) is 31.6 Å². The molecule has 0 radical (unpaired) electrons. The van der Waals surface area contributed by atoms with Gasteiger partial charge in [-0.15, -0.1) is 0 Å². The van der Waals surface area contributed by atoms with E-state index in [2.05, 4.69) is 27.0 Å². The summed E-state index contributed by atoms with van der Waals surface area (Å²) in [6.07, 6.45) is 17.1. The Morgan fingerprint density at radius 2 is 1.69 bits per heavy atom. The van der Waals surface area contributed by atoms with Crippen LogP contribution in [0.5, 0.6) is 5.75 Å². The van der Waals surface area contributed by atoms with E-state index in [9.17, 15) is 19.4 Å². The van der Waals surface area contributed by atoms with E-state index in [4.69, 9.17) is 4.98 Å². The van der Waals surface area contributed by atoms with Gasteiger partial charge in [0.2, 0.25) is 5.91 Å². The SMILES string of the molecule is CCCCCCCCCCCCCC[C@@H](C(=O)N1CC[C@H](O)C1)N1Cc2nc(-c3n[nH]c4cc(-c5cc(F)c(O)cc5CC)cc(C)c34)[nH]c2C1. The van der Waals surface area contributed by atoms with Crippen molar-refractivity contribution in [2.45, 2.75) is 142 Å². The highest BCUT2D eigenvalue weighted by atomic mass is 19.1. The summed E-state index contributed by atoms with van der Waals surface area (Å²) < 4.78 is 14.4. The van der Waals surface area contributed by atoms with Crippen LogP contribution < -0.4 is 0 Å². The number of amides is 1. The van der Waals surface area contributed by atoms with Gasteiger partial charge in [-0.25, -0.2) is 9.37 Å². The van der Waals surface area contributed by atoms with Gasteiger partial charge in [-0.2, -0.15) is 5.10 Å². The summed E-state index contributed by atoms with van der Waals surface area (Å²) in [6, 6.07) is 6.68. The highest BCUT2D eigenvalue weighted by molar-refractivity contribution is 5.97. The molecule has 9 nitrogen and oxygen atoms in total. The normalized spacial score (nSPS) is 16.8. The lowest BCUT2D eigenvalue weighted by molar-refractivity contribution is -0.137. The first kappa shape index (κ1) is 37.0. The first-order valence-electron chi connectivity index (χ1n) is 19.6. The van der Waals surface area contributed by atoms with Gasteiger partial charge in [0.15, 0.2) is 17.4 Å². The summed E-state index contributed by atoms with van der Waals surface area (Å²) in [7, 11) is 0. The third-order valence-electron chi connectivity index (χ3n) is 11.1. The molecule has 2 aliphatic rings. The van der Waals surface area contributed by atoms with Crippen LogP contribution in [0.4, 0.5) is 4.39 Å². The Morgan fingerprint density at radius 1 is 0.980 bits per heavy atom. The average Bonchev–Trinajstić information content (AvgIpc) is 3.91. The van der Waals surface area contributed by atoms with Crippen LogP contribution in [0.1, 0.15) is 126 Å². The van der Waals surface area contributed by atoms with Crippen molar-refractivity contribution in [3.05, 3.63) is 52.6 Å². The number of β-amino-alcohol motifs (C(OH)–C–C–N with tert-alkyl or cyclic N) is 1. The van der Waals surface area contributed by atoms with E-state index in [0.717, 1.165) is 69.5 Å². The fourth-order valence-corrected chi connectivity index (χ4v) is 8.14. The monoisotopic (exact) mass is 700 g/mol. The highest BCUT2D eigenvalue weighted by Crippen LogP contribution is 2.37. The lowest BCUT2D eigenvalue weighted by Gasteiger charge is -2.30. The topological polar surface area (TPSA) is 121 Å². The molecule has 0 bridgehead atoms. The zero-order valence-corrected chi connectivity index (χ0v) is 30.9. The van der Waals surface area contributed by atoms with Crippen molar-refractivity contribution in [3.63, 3.8) is 0 Å². The summed E-state index contributed by atoms with van der Waals surface area (Å²) in [5, 5.41) is 28.9. The van der Waals surface area contributed by atoms with E-state index in [1.54, 1.807) is 0 Å². The number of aliphatic hydroxyl groups excluding tert-OH is 1. The van der Waals surface area contributed by atoms with Gasteiger partial charge in [-0.1, -0.05) is 97.0 Å². The first-order chi connectivity index (χ1) is 24.8. The maximum atomic E-state index is 14.4. The van der Waals surface area contributed by atoms with Crippen molar-refractivity contribution in [1.82, 2.24) is 30.0 Å². The second kappa shape index (κ2) is 17.2. The van der Waals surface area contributed by atoms with Gasteiger partial charge in [-0.05, 0) is 66.6 Å². The molecule has 6 rings (SSSR count). The first-order valence-corrected chi connectivity index (χ1v) is 19.6. The summed E-state index contributed by atoms with van der Waals surface area (Å²) in [4.78, 5) is 26.5. The third kappa shape index (κ3) is 8.66. The number of imidazole rings is 1. The number of rotatable bonds is 18. The molecule has 276 valence electrons. The lowest BCUT2D eigenvalue weighted by atomic mass is 9.94. The Bertz CT molecular complexity index is 1760. The fraction of sp³-hybridized carbons (Fsp3) is 0.585. The van der Waals surface area contributed by atoms with Gasteiger partial charge in [0.05, 0.1) is 29.1 Å². The molecule has 1 saturated heterocycles. The summed E-state index contributed by atoms with van der Waals surface area (Å²) in [5.41, 5.74) is 6.98. The van der Waals surface area contributed by atoms with E-state index in [-0.39, 0.29) is 17.7 Å². The Morgan fingerprint density at radius 3 is 2.33 bits per heavy atom. The van der Waals surface area contributed by atoms with Crippen molar-refractivity contribution in [2.75, 3.05) is 13.1 Å². The second-order valence-electron chi connectivity index (χ2n) is 14.9. The third-order valence-corrected chi connectivity index (χ3v) is 11.1. The summed E-state index contributed by atoms with van der Waals surface area (Å²) >= 11 is 0. The van der Waals surface area contributed by atoms with Crippen molar-refractivity contribution >= 4 is 16.8 Å². The molecule has 4 aromatic rings. The number of carbonyl (C=O) groups is 1. The smallest absolute Gasteiger partial charge is 0.240 e. The number of nitrogens with zero attached hydrogens (tertiary/aromatic N) is 4. The molecule has 1 fully saturated rings. The minimum absolute atomic E-state index is 0.129. The quantitative estimate of drug-likeness (QED) is 0.0771. The van der Waals surface area contributed by atoms with Crippen LogP contribution in [0.2, 0.25) is 0 Å². The molecule has 0 spiro atoms. The number of aromatic amines is 2. The molecule has 2 atom stereocenters. The van der Waals surface area contributed by atoms with E-state index in [1.165, 1.54) is 76.3 Å². The van der Waals surface area contributed by atoms with E-state index >= 15 is 0 Å². The van der Waals surface area contributed by atoms with Crippen LogP contribution >= 0.6 is 0 Å². The Balaban J connectivity index is 1.09. The fourth-order valence-electron chi connectivity index (χ4n) is 8.14. The van der Waals surface area contributed by atoms with Crippen LogP contribution in [0, 0.1) is 12.7 Å². The summed E-state index contributed by atoms with van der Waals surface area (Å²) in [5.74, 6) is -0.153. The number of aryl methyl sites for hydroxylation is 2. The average molecular weight is 701 g/mol. The van der Waals surface area contributed by atoms with E-state index < -0.39 is 11.9 Å². The van der Waals surface area contributed by atoms with Gasteiger partial charge in [-0.3, -0.25) is 14.8 Å². The maximum absolute atomic E-state index is 14.4. The molecule has 10 heteroatoms. The highest BCUT2D eigenvalue weighted by Gasteiger charge is 2.37. The van der Waals surface area contributed by atoms with Crippen molar-refractivity contribution in [2.24, 2.45) is 0 Å². The van der Waals surface area contributed by atoms with Gasteiger partial charge < -0.3 is 20.1 Å². The Kier molecular flexibility index (Phi) is 12.5. The summed E-state index contributed by atoms with van der Waals surface area (Å²) in [6.45, 7) is 8.52. The Hall–Kier alpha value is -3.76. The molecule has 1 amide bonds. The molecule has 0 aliphatic carbocycles. The number of halogens is 1. The molecule has 2 aromatic heterocycles. The molecule has 4 heterocycles. The predicted octanol–water partition coefficient (Wildman–Crippen LogP) is 8.70. The number of H-pyrrole nitrogens is 2. The molecular weight excluding hydrogens is 643 g/mol. The number of phenolic OH excluding ortho intramolecular Hbond substituents is 1. The number of carbonyl (C=O) groups excluding carboxylic acids is 1. The number of nitrogens with one attached hydrogen (secondary N) is 2. The number of hydrogen-bond acceptors (Lipinski definition) is 6. The lowest BCUT2D eigenvalue weighted by Crippen LogP contribution is -2.46. The number of unbranched alkanes of at least 4 members (excludes halogenated alkanes) is 11. The van der Waals surface area contributed by atoms with Crippen molar-refractivity contribution < 1.29 is 19.4 Å². The Labute approximate surface area is 302 Å². The number of benzene rings is 2. The number of phenols is 1. The van der Waals surface area contributed by atoms with Gasteiger partial charge >= 0.3 is 0 Å². The molecule has 2 aromatic carbocycles. The van der Waals surface area contributed by atoms with Gasteiger partial charge in [0.1, 0.15) is 5.69 Å². The number of fused-ring (bicyclic) bond motifs is 2. The molecule has 4 N–H and O–H groups in total. The number of aromatic hydroxyl groups is 1. The standard InChI is InChI=1S/C41H57FN6O3/c1-4-6-7-8-9-10-11-12-13-14-15-16-17-36(41(51)47-19-18-30(49)24-47)48-25-34-35(26-48)44-40(43-34)39-38-27(3)20-29(21-33(38)45-46-39)31-23-32(42)37(50)22-28(31)5-2/h20-23,30,36,49-50H,4-19,24-26H2,1-3H3,(H,43,44)(H,45,46)/t30-,36-/m0/s1. The minimum atomic E-state index is -0.638. The zero-order chi connectivity index (χ0) is 35.9. The number of hydrogen-bond donors (Lipinski definition) is 4. The molecule has 51 heavy (non-hydrogen) atoms. The van der Waals surface area contributed by atoms with Crippen LogP contribution in [0.15, 0.2) is 24.3 Å². The van der Waals surface area contributed by atoms with Crippen LogP contribution in [0.3, 0.4) is 0 Å². The van der Waals surface area contributed by atoms with Crippen LogP contribution in [-0.4, -0.2) is 71.3 Å². The molecule has 0 saturated carbocycles. The molecular formula is C41H57FN6O3. The predicted molar refractivity (Wildman–Crippen MR) is 201 cm³/mol. The van der Waals surface area contributed by atoms with Crippen molar-refractivity contribution in [3.8, 4) is 28.4 Å². The number of aromatic nitrogens is 4. The number of aliphatic hydroxyl groups is 1. The van der Waals surface area contributed by atoms with Crippen LogP contribution in [-0.2, 0) is 24.3 Å². The van der Waals surface area contributed by atoms with E-state index in [0.29, 0.717) is 44.8 Å². The molecule has 2 aliphatic heterocycles. The van der Waals surface area contributed by atoms with Crippen molar-refractivity contribution in [1.29, 1.82) is 0 Å².